The number of nitro groups is 1. The fraction of sp³-hybridized carbons (Fsp3) is 0.200. The third-order valence-electron chi connectivity index (χ3n) is 4.59. The first-order chi connectivity index (χ1) is 14.5. The maximum absolute atomic E-state index is 13.9. The molecule has 1 heterocycles. The molecule has 7 nitrogen and oxygen atoms in total. The summed E-state index contributed by atoms with van der Waals surface area (Å²) < 4.78 is 53.9. The average Bonchev–Trinajstić information content (AvgIpc) is 2.96. The molecule has 11 heteroatoms. The Balaban J connectivity index is 1.83. The number of carbonyl (C=O) groups excluding carboxylic acids is 1. The molecule has 3 rings (SSSR count). The van der Waals surface area contributed by atoms with Crippen LogP contribution in [0.15, 0.2) is 42.5 Å². The lowest BCUT2D eigenvalue weighted by Gasteiger charge is -2.11. The molecule has 0 fully saturated rings. The van der Waals surface area contributed by atoms with Crippen LogP contribution < -0.4 is 5.32 Å². The predicted molar refractivity (Wildman–Crippen MR) is 103 cm³/mol. The van der Waals surface area contributed by atoms with Crippen molar-refractivity contribution in [3.05, 3.63) is 86.5 Å². The lowest BCUT2D eigenvalue weighted by atomic mass is 10.1. The van der Waals surface area contributed by atoms with Crippen LogP contribution >= 0.6 is 0 Å². The van der Waals surface area contributed by atoms with Crippen molar-refractivity contribution in [2.24, 2.45) is 0 Å². The van der Waals surface area contributed by atoms with E-state index in [9.17, 15) is 32.5 Å². The fourth-order valence-corrected chi connectivity index (χ4v) is 3.08. The molecule has 3 aromatic rings. The van der Waals surface area contributed by atoms with Crippen LogP contribution in [-0.4, -0.2) is 20.6 Å². The molecule has 0 bridgehead atoms. The summed E-state index contributed by atoms with van der Waals surface area (Å²) >= 11 is 0. The van der Waals surface area contributed by atoms with Crippen molar-refractivity contribution >= 4 is 17.3 Å². The molecular formula is C20H16F4N4O3. The van der Waals surface area contributed by atoms with E-state index in [-0.39, 0.29) is 23.5 Å². The third-order valence-corrected chi connectivity index (χ3v) is 4.59. The summed E-state index contributed by atoms with van der Waals surface area (Å²) in [6, 6.07) is 7.78. The van der Waals surface area contributed by atoms with Gasteiger partial charge in [-0.15, -0.1) is 0 Å². The van der Waals surface area contributed by atoms with Gasteiger partial charge in [0.2, 0.25) is 0 Å². The number of carbonyl (C=O) groups is 1. The molecule has 0 radical (unpaired) electrons. The maximum Gasteiger partial charge on any atom is 0.416 e. The summed E-state index contributed by atoms with van der Waals surface area (Å²) in [5.74, 6) is -1.81. The van der Waals surface area contributed by atoms with Crippen molar-refractivity contribution in [2.45, 2.75) is 26.6 Å². The molecule has 0 aliphatic carbocycles. The van der Waals surface area contributed by atoms with E-state index in [2.05, 4.69) is 10.4 Å². The quantitative estimate of drug-likeness (QED) is 0.351. The van der Waals surface area contributed by atoms with Crippen molar-refractivity contribution in [1.82, 2.24) is 9.78 Å². The third kappa shape index (κ3) is 4.71. The van der Waals surface area contributed by atoms with E-state index in [1.54, 1.807) is 13.0 Å². The van der Waals surface area contributed by atoms with Gasteiger partial charge >= 0.3 is 11.9 Å². The second-order valence-electron chi connectivity index (χ2n) is 6.78. The smallest absolute Gasteiger partial charge is 0.319 e. The molecular weight excluding hydrogens is 420 g/mol. The van der Waals surface area contributed by atoms with Gasteiger partial charge in [-0.05, 0) is 49.7 Å². The first-order valence-electron chi connectivity index (χ1n) is 8.93. The number of halogens is 4. The van der Waals surface area contributed by atoms with Crippen molar-refractivity contribution in [3.63, 3.8) is 0 Å². The molecule has 0 unspecified atom stereocenters. The van der Waals surface area contributed by atoms with E-state index in [0.717, 1.165) is 0 Å². The summed E-state index contributed by atoms with van der Waals surface area (Å²) in [5.41, 5.74) is -0.569. The lowest BCUT2D eigenvalue weighted by molar-refractivity contribution is -0.386. The van der Waals surface area contributed by atoms with Gasteiger partial charge in [0.05, 0.1) is 22.7 Å². The number of nitrogens with zero attached hydrogens (tertiary/aromatic N) is 3. The second-order valence-corrected chi connectivity index (χ2v) is 6.78. The van der Waals surface area contributed by atoms with Crippen LogP contribution in [0.1, 0.15) is 32.9 Å². The highest BCUT2D eigenvalue weighted by Crippen LogP contribution is 2.32. The minimum atomic E-state index is -4.69. The number of alkyl halides is 3. The Labute approximate surface area is 173 Å². The van der Waals surface area contributed by atoms with E-state index < -0.39 is 34.1 Å². The Morgan fingerprint density at radius 2 is 1.90 bits per heavy atom. The zero-order valence-corrected chi connectivity index (χ0v) is 16.3. The molecule has 1 aromatic heterocycles. The van der Waals surface area contributed by atoms with Crippen molar-refractivity contribution in [2.75, 3.05) is 5.32 Å². The minimum Gasteiger partial charge on any atom is -0.319 e. The largest absolute Gasteiger partial charge is 0.416 e. The first-order valence-corrected chi connectivity index (χ1v) is 8.93. The van der Waals surface area contributed by atoms with Gasteiger partial charge in [-0.2, -0.15) is 18.3 Å². The zero-order chi connectivity index (χ0) is 22.9. The molecule has 31 heavy (non-hydrogen) atoms. The molecule has 0 saturated carbocycles. The zero-order valence-electron chi connectivity index (χ0n) is 16.3. The summed E-state index contributed by atoms with van der Waals surface area (Å²) in [6.07, 6.45) is -4.69. The minimum absolute atomic E-state index is 0.0744. The highest BCUT2D eigenvalue weighted by atomic mass is 19.4. The molecule has 0 saturated heterocycles. The molecule has 1 N–H and O–H groups in total. The molecule has 0 aliphatic rings. The van der Waals surface area contributed by atoms with E-state index in [4.69, 9.17) is 0 Å². The topological polar surface area (TPSA) is 90.1 Å². The molecule has 0 aliphatic heterocycles. The molecule has 1 amide bonds. The Hall–Kier alpha value is -3.76. The van der Waals surface area contributed by atoms with E-state index in [0.29, 0.717) is 29.5 Å². The average molecular weight is 436 g/mol. The summed E-state index contributed by atoms with van der Waals surface area (Å²) in [5, 5.41) is 17.4. The van der Waals surface area contributed by atoms with E-state index in [1.165, 1.54) is 29.8 Å². The number of amides is 1. The summed E-state index contributed by atoms with van der Waals surface area (Å²) in [6.45, 7) is 3.18. The summed E-state index contributed by atoms with van der Waals surface area (Å²) in [7, 11) is 0. The highest BCUT2D eigenvalue weighted by molar-refractivity contribution is 6.04. The van der Waals surface area contributed by atoms with Crippen LogP contribution in [0.2, 0.25) is 0 Å². The van der Waals surface area contributed by atoms with Gasteiger partial charge < -0.3 is 5.32 Å². The Bertz CT molecular complexity index is 1170. The Morgan fingerprint density at radius 1 is 1.19 bits per heavy atom. The van der Waals surface area contributed by atoms with Crippen LogP contribution in [0.25, 0.3) is 0 Å². The number of hydrogen-bond acceptors (Lipinski definition) is 4. The van der Waals surface area contributed by atoms with Crippen LogP contribution in [0.4, 0.5) is 28.9 Å². The SMILES string of the molecule is Cc1nn(Cc2cccc(C(=O)Nc3cc(C(F)(F)F)ccc3F)c2)c(C)c1[N+](=O)[O-]. The summed E-state index contributed by atoms with van der Waals surface area (Å²) in [4.78, 5) is 23.1. The number of nitrogens with one attached hydrogen (secondary N) is 1. The predicted octanol–water partition coefficient (Wildman–Crippen LogP) is 4.87. The number of hydrogen-bond donors (Lipinski definition) is 1. The number of rotatable bonds is 5. The van der Waals surface area contributed by atoms with E-state index in [1.807, 2.05) is 0 Å². The van der Waals surface area contributed by atoms with Gasteiger partial charge in [0.25, 0.3) is 5.91 Å². The molecule has 0 spiro atoms. The Morgan fingerprint density at radius 3 is 2.52 bits per heavy atom. The monoisotopic (exact) mass is 436 g/mol. The van der Waals surface area contributed by atoms with Crippen molar-refractivity contribution < 1.29 is 27.3 Å². The van der Waals surface area contributed by atoms with Gasteiger partial charge in [-0.3, -0.25) is 19.6 Å². The number of aryl methyl sites for hydroxylation is 1. The van der Waals surface area contributed by atoms with Crippen LogP contribution in [-0.2, 0) is 12.7 Å². The van der Waals surface area contributed by atoms with Crippen molar-refractivity contribution in [1.29, 1.82) is 0 Å². The standard InChI is InChI=1S/C20H16F4N4O3/c1-11-18(28(30)31)12(2)27(26-11)10-13-4-3-5-14(8-13)19(29)25-17-9-15(20(22,23)24)6-7-16(17)21/h3-9H,10H2,1-2H3,(H,25,29). The number of anilines is 1. The fourth-order valence-electron chi connectivity index (χ4n) is 3.08. The Kier molecular flexibility index (Phi) is 5.78. The molecule has 162 valence electrons. The number of benzene rings is 2. The van der Waals surface area contributed by atoms with Gasteiger partial charge in [-0.1, -0.05) is 12.1 Å². The van der Waals surface area contributed by atoms with Crippen LogP contribution in [0.3, 0.4) is 0 Å². The second kappa shape index (κ2) is 8.17. The van der Waals surface area contributed by atoms with Gasteiger partial charge in [0.15, 0.2) is 0 Å². The molecule has 2 aromatic carbocycles. The van der Waals surface area contributed by atoms with Gasteiger partial charge in [-0.25, -0.2) is 4.39 Å². The highest BCUT2D eigenvalue weighted by Gasteiger charge is 2.31. The van der Waals surface area contributed by atoms with Gasteiger partial charge in [0, 0.05) is 5.56 Å². The maximum atomic E-state index is 13.9. The van der Waals surface area contributed by atoms with Crippen LogP contribution in [0.5, 0.6) is 0 Å². The van der Waals surface area contributed by atoms with Crippen molar-refractivity contribution in [3.8, 4) is 0 Å². The lowest BCUT2D eigenvalue weighted by Crippen LogP contribution is -2.15. The normalized spacial score (nSPS) is 11.4. The molecule has 0 atom stereocenters. The number of aromatic nitrogens is 2. The van der Waals surface area contributed by atoms with Crippen LogP contribution in [0, 0.1) is 29.8 Å². The first kappa shape index (κ1) is 21.9. The van der Waals surface area contributed by atoms with Gasteiger partial charge in [0.1, 0.15) is 17.2 Å². The van der Waals surface area contributed by atoms with E-state index >= 15 is 0 Å².